The lowest BCUT2D eigenvalue weighted by atomic mass is 10.0. The SMILES string of the molecule is COc1ccc(OC)c(C2CCNc3nnnn32)c1. The van der Waals surface area contributed by atoms with Crippen molar-refractivity contribution in [2.75, 3.05) is 26.1 Å². The average molecular weight is 261 g/mol. The number of methoxy groups -OCH3 is 2. The third-order valence-corrected chi connectivity index (χ3v) is 3.28. The molecular weight excluding hydrogens is 246 g/mol. The summed E-state index contributed by atoms with van der Waals surface area (Å²) in [6.07, 6.45) is 0.890. The maximum atomic E-state index is 5.43. The molecule has 0 saturated heterocycles. The van der Waals surface area contributed by atoms with Crippen LogP contribution in [-0.4, -0.2) is 41.0 Å². The molecule has 3 rings (SSSR count). The summed E-state index contributed by atoms with van der Waals surface area (Å²) in [7, 11) is 3.31. The topological polar surface area (TPSA) is 74.1 Å². The molecule has 0 spiro atoms. The van der Waals surface area contributed by atoms with Crippen LogP contribution in [0.1, 0.15) is 18.0 Å². The van der Waals surface area contributed by atoms with Crippen molar-refractivity contribution in [2.24, 2.45) is 0 Å². The molecule has 1 aromatic carbocycles. The minimum absolute atomic E-state index is 0.0521. The number of ether oxygens (including phenoxy) is 2. The van der Waals surface area contributed by atoms with E-state index in [1.54, 1.807) is 18.9 Å². The molecule has 1 aliphatic heterocycles. The first kappa shape index (κ1) is 11.8. The molecule has 1 atom stereocenters. The van der Waals surface area contributed by atoms with E-state index >= 15 is 0 Å². The summed E-state index contributed by atoms with van der Waals surface area (Å²) in [5, 5.41) is 14.9. The largest absolute Gasteiger partial charge is 0.497 e. The second-order valence-electron chi connectivity index (χ2n) is 4.29. The molecule has 7 nitrogen and oxygen atoms in total. The molecule has 1 aromatic heterocycles. The van der Waals surface area contributed by atoms with Gasteiger partial charge in [0.2, 0.25) is 5.95 Å². The second-order valence-corrected chi connectivity index (χ2v) is 4.29. The summed E-state index contributed by atoms with van der Waals surface area (Å²) in [5.74, 6) is 2.29. The maximum Gasteiger partial charge on any atom is 0.243 e. The van der Waals surface area contributed by atoms with Crippen LogP contribution in [0.5, 0.6) is 11.5 Å². The van der Waals surface area contributed by atoms with E-state index in [9.17, 15) is 0 Å². The molecule has 0 radical (unpaired) electrons. The van der Waals surface area contributed by atoms with Crippen LogP contribution in [-0.2, 0) is 0 Å². The number of hydrogen-bond donors (Lipinski definition) is 1. The third-order valence-electron chi connectivity index (χ3n) is 3.28. The van der Waals surface area contributed by atoms with E-state index in [1.165, 1.54) is 0 Å². The molecule has 0 fully saturated rings. The maximum absolute atomic E-state index is 5.43. The van der Waals surface area contributed by atoms with E-state index < -0.39 is 0 Å². The predicted octanol–water partition coefficient (Wildman–Crippen LogP) is 1.10. The normalized spacial score (nSPS) is 17.5. The first-order valence-corrected chi connectivity index (χ1v) is 6.07. The van der Waals surface area contributed by atoms with Gasteiger partial charge in [-0.1, -0.05) is 5.10 Å². The minimum Gasteiger partial charge on any atom is -0.497 e. The standard InChI is InChI=1S/C12H15N5O2/c1-18-8-3-4-11(19-2)9(7-8)10-5-6-13-12-14-15-16-17(10)12/h3-4,7,10H,5-6H2,1-2H3,(H,13,14,16). The Morgan fingerprint density at radius 2 is 2.21 bits per heavy atom. The molecule has 7 heteroatoms. The predicted molar refractivity (Wildman–Crippen MR) is 68.6 cm³/mol. The van der Waals surface area contributed by atoms with Gasteiger partial charge >= 0.3 is 0 Å². The number of nitrogens with one attached hydrogen (secondary N) is 1. The fourth-order valence-electron chi connectivity index (χ4n) is 2.35. The highest BCUT2D eigenvalue weighted by molar-refractivity contribution is 5.44. The minimum atomic E-state index is 0.0521. The van der Waals surface area contributed by atoms with Gasteiger partial charge in [-0.3, -0.25) is 0 Å². The number of fused-ring (bicyclic) bond motifs is 1. The highest BCUT2D eigenvalue weighted by atomic mass is 16.5. The Labute approximate surface area is 110 Å². The summed E-state index contributed by atoms with van der Waals surface area (Å²) in [5.41, 5.74) is 1.02. The number of hydrogen-bond acceptors (Lipinski definition) is 6. The number of benzene rings is 1. The van der Waals surface area contributed by atoms with Crippen LogP contribution in [0.4, 0.5) is 5.95 Å². The lowest BCUT2D eigenvalue weighted by Gasteiger charge is -2.25. The Bertz CT molecular complexity index is 583. The Hall–Kier alpha value is -2.31. The molecule has 0 amide bonds. The van der Waals surface area contributed by atoms with Crippen LogP contribution < -0.4 is 14.8 Å². The Morgan fingerprint density at radius 1 is 1.32 bits per heavy atom. The van der Waals surface area contributed by atoms with Crippen molar-refractivity contribution in [3.63, 3.8) is 0 Å². The van der Waals surface area contributed by atoms with Crippen molar-refractivity contribution >= 4 is 5.95 Å². The van der Waals surface area contributed by atoms with Crippen LogP contribution >= 0.6 is 0 Å². The lowest BCUT2D eigenvalue weighted by Crippen LogP contribution is -2.25. The van der Waals surface area contributed by atoms with Crippen molar-refractivity contribution in [1.82, 2.24) is 20.2 Å². The van der Waals surface area contributed by atoms with Gasteiger partial charge in [-0.25, -0.2) is 4.68 Å². The van der Waals surface area contributed by atoms with Crippen LogP contribution in [0, 0.1) is 0 Å². The van der Waals surface area contributed by atoms with E-state index in [1.807, 2.05) is 18.2 Å². The van der Waals surface area contributed by atoms with Crippen molar-refractivity contribution in [3.8, 4) is 11.5 Å². The molecule has 2 heterocycles. The van der Waals surface area contributed by atoms with Gasteiger partial charge in [-0.05, 0) is 35.0 Å². The molecule has 0 saturated carbocycles. The fraction of sp³-hybridized carbons (Fsp3) is 0.417. The Kier molecular flexibility index (Phi) is 2.94. The zero-order chi connectivity index (χ0) is 13.2. The molecule has 1 aliphatic rings. The molecule has 1 N–H and O–H groups in total. The second kappa shape index (κ2) is 4.75. The van der Waals surface area contributed by atoms with Crippen LogP contribution in [0.2, 0.25) is 0 Å². The van der Waals surface area contributed by atoms with Gasteiger partial charge in [0, 0.05) is 12.1 Å². The smallest absolute Gasteiger partial charge is 0.243 e. The van der Waals surface area contributed by atoms with Crippen LogP contribution in [0.3, 0.4) is 0 Å². The monoisotopic (exact) mass is 261 g/mol. The lowest BCUT2D eigenvalue weighted by molar-refractivity contribution is 0.381. The molecule has 0 bridgehead atoms. The number of aromatic nitrogens is 4. The van der Waals surface area contributed by atoms with Gasteiger partial charge in [0.05, 0.1) is 20.3 Å². The number of anilines is 1. The van der Waals surface area contributed by atoms with E-state index in [2.05, 4.69) is 20.8 Å². The van der Waals surface area contributed by atoms with Gasteiger partial charge in [0.1, 0.15) is 11.5 Å². The van der Waals surface area contributed by atoms with Crippen molar-refractivity contribution in [1.29, 1.82) is 0 Å². The van der Waals surface area contributed by atoms with Gasteiger partial charge in [-0.15, -0.1) is 0 Å². The number of nitrogens with zero attached hydrogens (tertiary/aromatic N) is 4. The zero-order valence-corrected chi connectivity index (χ0v) is 10.8. The average Bonchev–Trinajstić information content (AvgIpc) is 2.94. The Morgan fingerprint density at radius 3 is 3.00 bits per heavy atom. The fourth-order valence-corrected chi connectivity index (χ4v) is 2.35. The van der Waals surface area contributed by atoms with Gasteiger partial charge in [0.15, 0.2) is 0 Å². The highest BCUT2D eigenvalue weighted by Gasteiger charge is 2.26. The van der Waals surface area contributed by atoms with Crippen LogP contribution in [0.25, 0.3) is 0 Å². The molecule has 2 aromatic rings. The van der Waals surface area contributed by atoms with Gasteiger partial charge in [0.25, 0.3) is 0 Å². The van der Waals surface area contributed by atoms with E-state index in [4.69, 9.17) is 9.47 Å². The third kappa shape index (κ3) is 1.96. The van der Waals surface area contributed by atoms with Crippen molar-refractivity contribution in [3.05, 3.63) is 23.8 Å². The van der Waals surface area contributed by atoms with E-state index in [0.29, 0.717) is 5.95 Å². The molecule has 100 valence electrons. The van der Waals surface area contributed by atoms with Gasteiger partial charge < -0.3 is 14.8 Å². The summed E-state index contributed by atoms with van der Waals surface area (Å²) in [4.78, 5) is 0. The Balaban J connectivity index is 2.07. The first-order valence-electron chi connectivity index (χ1n) is 6.07. The summed E-state index contributed by atoms with van der Waals surface area (Å²) < 4.78 is 12.5. The van der Waals surface area contributed by atoms with Crippen LogP contribution in [0.15, 0.2) is 18.2 Å². The highest BCUT2D eigenvalue weighted by Crippen LogP contribution is 2.35. The first-order chi connectivity index (χ1) is 9.33. The van der Waals surface area contributed by atoms with E-state index in [-0.39, 0.29) is 6.04 Å². The van der Waals surface area contributed by atoms with Gasteiger partial charge in [-0.2, -0.15) is 0 Å². The molecular formula is C12H15N5O2. The molecule has 1 unspecified atom stereocenters. The van der Waals surface area contributed by atoms with Crippen molar-refractivity contribution < 1.29 is 9.47 Å². The molecule has 0 aliphatic carbocycles. The zero-order valence-electron chi connectivity index (χ0n) is 10.8. The number of tetrazole rings is 1. The summed E-state index contributed by atoms with van der Waals surface area (Å²) >= 11 is 0. The quantitative estimate of drug-likeness (QED) is 0.891. The van der Waals surface area contributed by atoms with E-state index in [0.717, 1.165) is 30.0 Å². The number of rotatable bonds is 3. The summed E-state index contributed by atoms with van der Waals surface area (Å²) in [6, 6.07) is 5.81. The summed E-state index contributed by atoms with van der Waals surface area (Å²) in [6.45, 7) is 0.825. The van der Waals surface area contributed by atoms with Crippen molar-refractivity contribution in [2.45, 2.75) is 12.5 Å². The molecule has 19 heavy (non-hydrogen) atoms.